The van der Waals surface area contributed by atoms with Gasteiger partial charge in [-0.15, -0.1) is 0 Å². The second-order valence-electron chi connectivity index (χ2n) is 7.23. The summed E-state index contributed by atoms with van der Waals surface area (Å²) in [5.74, 6) is -0.506. The van der Waals surface area contributed by atoms with Crippen LogP contribution in [0.2, 0.25) is 0 Å². The number of benzene rings is 1. The molecular weight excluding hydrogens is 422 g/mol. The smallest absolute Gasteiger partial charge is 0.330 e. The minimum atomic E-state index is -0.416. The Kier molecular flexibility index (Phi) is 4.71. The summed E-state index contributed by atoms with van der Waals surface area (Å²) in [6, 6.07) is 7.25. The molecule has 4 rings (SSSR count). The Hall–Kier alpha value is -2.67. The highest BCUT2D eigenvalue weighted by molar-refractivity contribution is 9.10. The van der Waals surface area contributed by atoms with Crippen molar-refractivity contribution >= 4 is 27.4 Å². The summed E-state index contributed by atoms with van der Waals surface area (Å²) < 4.78 is 3.58. The Bertz CT molecular complexity index is 1130. The number of anilines is 1. The van der Waals surface area contributed by atoms with E-state index in [1.807, 2.05) is 36.4 Å². The molecule has 2 aliphatic rings. The molecule has 0 spiro atoms. The largest absolute Gasteiger partial charge is 0.377 e. The molecule has 0 amide bonds. The maximum absolute atomic E-state index is 13.1. The molecule has 3 atom stereocenters. The van der Waals surface area contributed by atoms with Gasteiger partial charge in [0.15, 0.2) is 5.78 Å². The van der Waals surface area contributed by atoms with E-state index in [-0.39, 0.29) is 28.9 Å². The summed E-state index contributed by atoms with van der Waals surface area (Å²) in [4.78, 5) is 38.2. The molecule has 1 aromatic heterocycles. The predicted octanol–water partition coefficient (Wildman–Crippen LogP) is 2.48. The van der Waals surface area contributed by atoms with Crippen molar-refractivity contribution < 1.29 is 4.79 Å². The van der Waals surface area contributed by atoms with E-state index in [4.69, 9.17) is 0 Å². The molecule has 144 valence electrons. The van der Waals surface area contributed by atoms with E-state index < -0.39 is 6.04 Å². The highest BCUT2D eigenvalue weighted by Crippen LogP contribution is 2.40. The van der Waals surface area contributed by atoms with Crippen LogP contribution in [-0.4, -0.2) is 14.9 Å². The number of nitrogens with zero attached hydrogens (tertiary/aromatic N) is 2. The van der Waals surface area contributed by atoms with Crippen molar-refractivity contribution in [2.45, 2.75) is 12.5 Å². The van der Waals surface area contributed by atoms with Crippen molar-refractivity contribution in [1.29, 1.82) is 0 Å². The standard InChI is InChI=1S/C21H20BrN3O3/c1-24-16-11-15-14(5-3-4-6-17(15)26)19(18(16)20(27)25(2)21(24)28)23-13-9-7-12(22)8-10-13/h3-10,14-15,19,23H,11H2,1-2H3/t14-,15-,19-/m0/s1. The van der Waals surface area contributed by atoms with Crippen LogP contribution in [0.5, 0.6) is 0 Å². The van der Waals surface area contributed by atoms with E-state index in [0.717, 1.165) is 14.7 Å². The van der Waals surface area contributed by atoms with E-state index in [9.17, 15) is 14.4 Å². The Labute approximate surface area is 170 Å². The lowest BCUT2D eigenvalue weighted by Crippen LogP contribution is -2.48. The maximum atomic E-state index is 13.1. The van der Waals surface area contributed by atoms with Crippen LogP contribution in [0, 0.1) is 11.8 Å². The molecule has 2 aliphatic carbocycles. The van der Waals surface area contributed by atoms with Gasteiger partial charge in [0.05, 0.1) is 11.6 Å². The second kappa shape index (κ2) is 7.05. The summed E-state index contributed by atoms with van der Waals surface area (Å²) in [5.41, 5.74) is 1.32. The minimum Gasteiger partial charge on any atom is -0.377 e. The van der Waals surface area contributed by atoms with Gasteiger partial charge in [-0.25, -0.2) is 4.79 Å². The van der Waals surface area contributed by atoms with Crippen LogP contribution in [0.4, 0.5) is 5.69 Å². The number of allylic oxidation sites excluding steroid dienone is 3. The van der Waals surface area contributed by atoms with Gasteiger partial charge in [0.25, 0.3) is 5.56 Å². The molecule has 0 bridgehead atoms. The molecule has 2 aromatic rings. The Morgan fingerprint density at radius 1 is 1.04 bits per heavy atom. The van der Waals surface area contributed by atoms with E-state index in [2.05, 4.69) is 21.2 Å². The third kappa shape index (κ3) is 2.99. The van der Waals surface area contributed by atoms with E-state index in [0.29, 0.717) is 17.7 Å². The van der Waals surface area contributed by atoms with Gasteiger partial charge < -0.3 is 9.88 Å². The zero-order valence-corrected chi connectivity index (χ0v) is 17.1. The SMILES string of the molecule is Cn1c2c(c(=O)n(C)c1=O)[C@@H](Nc1ccc(Br)cc1)[C@H]1C=CC=CC(=O)[C@H]1C2. The molecule has 7 heteroatoms. The predicted molar refractivity (Wildman–Crippen MR) is 111 cm³/mol. The van der Waals surface area contributed by atoms with Gasteiger partial charge in [-0.2, -0.15) is 0 Å². The highest BCUT2D eigenvalue weighted by Gasteiger charge is 2.42. The number of ketones is 1. The van der Waals surface area contributed by atoms with Crippen LogP contribution < -0.4 is 16.6 Å². The Balaban J connectivity index is 1.93. The van der Waals surface area contributed by atoms with E-state index in [1.165, 1.54) is 11.6 Å². The van der Waals surface area contributed by atoms with Crippen LogP contribution in [0.1, 0.15) is 17.3 Å². The first-order valence-corrected chi connectivity index (χ1v) is 9.87. The number of nitrogens with one attached hydrogen (secondary N) is 1. The summed E-state index contributed by atoms with van der Waals surface area (Å²) in [7, 11) is 3.15. The number of hydrogen-bond donors (Lipinski definition) is 1. The van der Waals surface area contributed by atoms with Gasteiger partial charge in [-0.05, 0) is 36.8 Å². The number of rotatable bonds is 2. The van der Waals surface area contributed by atoms with Crippen molar-refractivity contribution in [1.82, 2.24) is 9.13 Å². The lowest BCUT2D eigenvalue weighted by molar-refractivity contribution is -0.119. The van der Waals surface area contributed by atoms with Crippen molar-refractivity contribution in [3.63, 3.8) is 0 Å². The molecule has 0 aliphatic heterocycles. The Morgan fingerprint density at radius 2 is 1.75 bits per heavy atom. The molecule has 0 radical (unpaired) electrons. The first-order valence-electron chi connectivity index (χ1n) is 9.08. The van der Waals surface area contributed by atoms with Crippen LogP contribution in [0.15, 0.2) is 62.6 Å². The summed E-state index contributed by atoms with van der Waals surface area (Å²) in [6.07, 6.45) is 7.52. The zero-order valence-electron chi connectivity index (χ0n) is 15.6. The average molecular weight is 442 g/mol. The fourth-order valence-electron chi connectivity index (χ4n) is 4.14. The number of halogens is 1. The fourth-order valence-corrected chi connectivity index (χ4v) is 4.40. The minimum absolute atomic E-state index is 0.0105. The van der Waals surface area contributed by atoms with Crippen molar-refractivity contribution in [3.05, 3.63) is 85.1 Å². The van der Waals surface area contributed by atoms with Crippen molar-refractivity contribution in [2.24, 2.45) is 25.9 Å². The molecule has 6 nitrogen and oxygen atoms in total. The summed E-state index contributed by atoms with van der Waals surface area (Å²) in [6.45, 7) is 0. The van der Waals surface area contributed by atoms with E-state index in [1.54, 1.807) is 19.2 Å². The lowest BCUT2D eigenvalue weighted by atomic mass is 9.72. The topological polar surface area (TPSA) is 73.1 Å². The van der Waals surface area contributed by atoms with Crippen molar-refractivity contribution in [2.75, 3.05) is 5.32 Å². The zero-order chi connectivity index (χ0) is 20.0. The van der Waals surface area contributed by atoms with Gasteiger partial charge in [-0.1, -0.05) is 34.2 Å². The first-order chi connectivity index (χ1) is 13.4. The van der Waals surface area contributed by atoms with E-state index >= 15 is 0 Å². The summed E-state index contributed by atoms with van der Waals surface area (Å²) in [5, 5.41) is 3.45. The molecule has 0 saturated carbocycles. The van der Waals surface area contributed by atoms with Crippen LogP contribution >= 0.6 is 15.9 Å². The number of hydrogen-bond acceptors (Lipinski definition) is 4. The quantitative estimate of drug-likeness (QED) is 0.776. The fraction of sp³-hybridized carbons (Fsp3) is 0.286. The van der Waals surface area contributed by atoms with Gasteiger partial charge in [0.2, 0.25) is 0 Å². The van der Waals surface area contributed by atoms with Gasteiger partial charge in [-0.3, -0.25) is 14.2 Å². The number of carbonyl (C=O) groups is 1. The number of fused-ring (bicyclic) bond motifs is 2. The monoisotopic (exact) mass is 441 g/mol. The molecule has 28 heavy (non-hydrogen) atoms. The first kappa shape index (κ1) is 18.7. The normalized spacial score (nSPS) is 23.1. The average Bonchev–Trinajstić information content (AvgIpc) is 2.87. The Morgan fingerprint density at radius 3 is 2.46 bits per heavy atom. The molecule has 0 fully saturated rings. The third-order valence-electron chi connectivity index (χ3n) is 5.64. The molecule has 1 N–H and O–H groups in total. The second-order valence-corrected chi connectivity index (χ2v) is 8.15. The molecule has 0 unspecified atom stereocenters. The summed E-state index contributed by atoms with van der Waals surface area (Å²) >= 11 is 3.43. The maximum Gasteiger partial charge on any atom is 0.330 e. The molecular formula is C21H20BrN3O3. The van der Waals surface area contributed by atoms with Crippen molar-refractivity contribution in [3.8, 4) is 0 Å². The van der Waals surface area contributed by atoms with Gasteiger partial charge in [0, 0.05) is 41.8 Å². The highest BCUT2D eigenvalue weighted by atomic mass is 79.9. The van der Waals surface area contributed by atoms with Crippen LogP contribution in [0.25, 0.3) is 0 Å². The third-order valence-corrected chi connectivity index (χ3v) is 6.16. The van der Waals surface area contributed by atoms with Gasteiger partial charge in [0.1, 0.15) is 0 Å². The number of carbonyl (C=O) groups excluding carboxylic acids is 1. The molecule has 1 aromatic carbocycles. The number of aromatic nitrogens is 2. The lowest BCUT2D eigenvalue weighted by Gasteiger charge is -2.38. The molecule has 0 saturated heterocycles. The molecule has 1 heterocycles. The van der Waals surface area contributed by atoms with Crippen LogP contribution in [-0.2, 0) is 25.3 Å². The van der Waals surface area contributed by atoms with Gasteiger partial charge >= 0.3 is 5.69 Å². The van der Waals surface area contributed by atoms with Crippen LogP contribution in [0.3, 0.4) is 0 Å².